The molecule has 2 aromatic carbocycles. The average molecular weight is 286 g/mol. The summed E-state index contributed by atoms with van der Waals surface area (Å²) in [5, 5.41) is 19.7. The Balaban J connectivity index is 2.18. The molecular weight excluding hydrogens is 271 g/mol. The number of hydrogen-bond acceptors (Lipinski definition) is 3. The predicted molar refractivity (Wildman–Crippen MR) is 76.3 cm³/mol. The second-order valence-corrected chi connectivity index (χ2v) is 5.76. The number of halogens is 1. The van der Waals surface area contributed by atoms with E-state index in [1.165, 1.54) is 18.2 Å². The molecule has 0 spiro atoms. The molecule has 4 heteroatoms. The van der Waals surface area contributed by atoms with Gasteiger partial charge in [-0.25, -0.2) is 4.39 Å². The molecule has 0 saturated heterocycles. The highest BCUT2D eigenvalue weighted by Crippen LogP contribution is 2.46. The monoisotopic (exact) mass is 286 g/mol. The highest BCUT2D eigenvalue weighted by Gasteiger charge is 2.45. The van der Waals surface area contributed by atoms with Crippen molar-refractivity contribution in [2.24, 2.45) is 0 Å². The lowest BCUT2D eigenvalue weighted by Crippen LogP contribution is -2.29. The van der Waals surface area contributed by atoms with Crippen molar-refractivity contribution < 1.29 is 19.4 Å². The molecule has 0 heterocycles. The summed E-state index contributed by atoms with van der Waals surface area (Å²) >= 11 is 0. The number of carbonyl (C=O) groups excluding carboxylic acids is 1. The molecule has 1 aliphatic carbocycles. The van der Waals surface area contributed by atoms with Gasteiger partial charge in [0.25, 0.3) is 0 Å². The van der Waals surface area contributed by atoms with Gasteiger partial charge in [0.2, 0.25) is 0 Å². The van der Waals surface area contributed by atoms with Gasteiger partial charge >= 0.3 is 0 Å². The van der Waals surface area contributed by atoms with E-state index >= 15 is 0 Å². The molecular formula is C17H15FO3. The summed E-state index contributed by atoms with van der Waals surface area (Å²) in [6, 6.07) is 7.21. The van der Waals surface area contributed by atoms with Crippen molar-refractivity contribution in [3.05, 3.63) is 58.4 Å². The number of carbonyl (C=O) groups is 1. The molecule has 2 aromatic rings. The van der Waals surface area contributed by atoms with Crippen LogP contribution < -0.4 is 0 Å². The number of hydrogen-bond donors (Lipinski definition) is 2. The standard InChI is InChI=1S/C17H15FO3/c1-9-7-13(19)15(20)12-8-17(2,16(21)14(9)12)10-3-5-11(18)6-4-10/h3-7,19-20H,8H2,1-2H3. The van der Waals surface area contributed by atoms with Crippen LogP contribution in [0.4, 0.5) is 4.39 Å². The van der Waals surface area contributed by atoms with E-state index < -0.39 is 5.41 Å². The first-order valence-electron chi connectivity index (χ1n) is 6.70. The zero-order valence-corrected chi connectivity index (χ0v) is 11.8. The zero-order valence-electron chi connectivity index (χ0n) is 11.8. The Labute approximate surface area is 121 Å². The third kappa shape index (κ3) is 1.82. The molecule has 3 rings (SSSR count). The summed E-state index contributed by atoms with van der Waals surface area (Å²) in [7, 11) is 0. The van der Waals surface area contributed by atoms with Crippen LogP contribution in [-0.4, -0.2) is 16.0 Å². The predicted octanol–water partition coefficient (Wildman–Crippen LogP) is 3.24. The summed E-state index contributed by atoms with van der Waals surface area (Å²) in [6.45, 7) is 3.50. The van der Waals surface area contributed by atoms with E-state index in [0.29, 0.717) is 22.3 Å². The highest BCUT2D eigenvalue weighted by atomic mass is 19.1. The summed E-state index contributed by atoms with van der Waals surface area (Å²) in [6.07, 6.45) is 0.286. The van der Waals surface area contributed by atoms with Gasteiger partial charge in [0.15, 0.2) is 17.3 Å². The third-order valence-electron chi connectivity index (χ3n) is 4.32. The molecule has 0 fully saturated rings. The first-order chi connectivity index (χ1) is 9.84. The highest BCUT2D eigenvalue weighted by molar-refractivity contribution is 6.10. The molecule has 1 aliphatic rings. The van der Waals surface area contributed by atoms with Crippen molar-refractivity contribution >= 4 is 5.78 Å². The van der Waals surface area contributed by atoms with Crippen molar-refractivity contribution in [2.45, 2.75) is 25.7 Å². The maximum Gasteiger partial charge on any atom is 0.174 e. The van der Waals surface area contributed by atoms with E-state index in [0.717, 1.165) is 0 Å². The van der Waals surface area contributed by atoms with Crippen LogP contribution in [0.3, 0.4) is 0 Å². The SMILES string of the molecule is Cc1cc(O)c(O)c2c1C(=O)C(C)(c1ccc(F)cc1)C2. The molecule has 0 aromatic heterocycles. The normalized spacial score (nSPS) is 20.6. The number of Topliss-reactive ketones (excluding diaryl/α,β-unsaturated/α-hetero) is 1. The van der Waals surface area contributed by atoms with Crippen molar-refractivity contribution in [1.82, 2.24) is 0 Å². The number of aromatic hydroxyl groups is 2. The van der Waals surface area contributed by atoms with Gasteiger partial charge in [-0.3, -0.25) is 4.79 Å². The minimum absolute atomic E-state index is 0.114. The Kier molecular flexibility index (Phi) is 2.80. The number of fused-ring (bicyclic) bond motifs is 1. The summed E-state index contributed by atoms with van der Waals surface area (Å²) in [5.41, 5.74) is 1.40. The van der Waals surface area contributed by atoms with Crippen molar-refractivity contribution in [3.8, 4) is 11.5 Å². The van der Waals surface area contributed by atoms with Gasteiger partial charge in [-0.05, 0) is 49.6 Å². The Hall–Kier alpha value is -2.36. The molecule has 0 aliphatic heterocycles. The lowest BCUT2D eigenvalue weighted by molar-refractivity contribution is 0.0915. The Morgan fingerprint density at radius 1 is 1.19 bits per heavy atom. The van der Waals surface area contributed by atoms with E-state index in [1.54, 1.807) is 26.0 Å². The maximum atomic E-state index is 13.1. The molecule has 0 saturated carbocycles. The van der Waals surface area contributed by atoms with E-state index in [-0.39, 0.29) is 29.5 Å². The summed E-state index contributed by atoms with van der Waals surface area (Å²) in [5.74, 6) is -0.934. The number of phenols is 2. The minimum atomic E-state index is -0.855. The van der Waals surface area contributed by atoms with E-state index in [9.17, 15) is 19.4 Å². The van der Waals surface area contributed by atoms with Crippen molar-refractivity contribution in [2.75, 3.05) is 0 Å². The topological polar surface area (TPSA) is 57.5 Å². The maximum absolute atomic E-state index is 13.1. The van der Waals surface area contributed by atoms with Crippen LogP contribution in [0.15, 0.2) is 30.3 Å². The van der Waals surface area contributed by atoms with Crippen molar-refractivity contribution in [1.29, 1.82) is 0 Å². The van der Waals surface area contributed by atoms with Crippen LogP contribution in [0.5, 0.6) is 11.5 Å². The molecule has 2 N–H and O–H groups in total. The Morgan fingerprint density at radius 3 is 2.43 bits per heavy atom. The first-order valence-corrected chi connectivity index (χ1v) is 6.70. The largest absolute Gasteiger partial charge is 0.504 e. The molecule has 3 nitrogen and oxygen atoms in total. The van der Waals surface area contributed by atoms with Crippen LogP contribution in [0, 0.1) is 12.7 Å². The number of aryl methyl sites for hydroxylation is 1. The van der Waals surface area contributed by atoms with E-state index in [1.807, 2.05) is 0 Å². The molecule has 0 bridgehead atoms. The van der Waals surface area contributed by atoms with Gasteiger partial charge in [0, 0.05) is 11.1 Å². The van der Waals surface area contributed by atoms with E-state index in [2.05, 4.69) is 0 Å². The summed E-state index contributed by atoms with van der Waals surface area (Å²) < 4.78 is 13.1. The molecule has 1 atom stereocenters. The first kappa shape index (κ1) is 13.6. The zero-order chi connectivity index (χ0) is 15.4. The Morgan fingerprint density at radius 2 is 1.81 bits per heavy atom. The second-order valence-electron chi connectivity index (χ2n) is 5.76. The van der Waals surface area contributed by atoms with Crippen LogP contribution in [0.25, 0.3) is 0 Å². The van der Waals surface area contributed by atoms with Crippen LogP contribution >= 0.6 is 0 Å². The number of phenolic OH excluding ortho intramolecular Hbond substituents is 2. The van der Waals surface area contributed by atoms with E-state index in [4.69, 9.17) is 0 Å². The minimum Gasteiger partial charge on any atom is -0.504 e. The lowest BCUT2D eigenvalue weighted by Gasteiger charge is -2.22. The molecule has 1 unspecified atom stereocenters. The Bertz CT molecular complexity index is 750. The van der Waals surface area contributed by atoms with Crippen LogP contribution in [-0.2, 0) is 11.8 Å². The molecule has 0 amide bonds. The van der Waals surface area contributed by atoms with Crippen LogP contribution in [0.1, 0.15) is 34.0 Å². The van der Waals surface area contributed by atoms with Gasteiger partial charge in [-0.15, -0.1) is 0 Å². The fourth-order valence-electron chi connectivity index (χ4n) is 3.11. The quantitative estimate of drug-likeness (QED) is 0.791. The third-order valence-corrected chi connectivity index (χ3v) is 4.32. The van der Waals surface area contributed by atoms with Gasteiger partial charge in [0.1, 0.15) is 5.82 Å². The number of rotatable bonds is 1. The number of benzene rings is 2. The fraction of sp³-hybridized carbons (Fsp3) is 0.235. The fourth-order valence-corrected chi connectivity index (χ4v) is 3.11. The molecule has 0 radical (unpaired) electrons. The van der Waals surface area contributed by atoms with Gasteiger partial charge in [-0.1, -0.05) is 12.1 Å². The van der Waals surface area contributed by atoms with Gasteiger partial charge < -0.3 is 10.2 Å². The number of ketones is 1. The molecule has 21 heavy (non-hydrogen) atoms. The van der Waals surface area contributed by atoms with Gasteiger partial charge in [0.05, 0.1) is 5.41 Å². The van der Waals surface area contributed by atoms with Crippen molar-refractivity contribution in [3.63, 3.8) is 0 Å². The smallest absolute Gasteiger partial charge is 0.174 e. The average Bonchev–Trinajstić information content (AvgIpc) is 2.71. The summed E-state index contributed by atoms with van der Waals surface area (Å²) in [4.78, 5) is 12.8. The second kappa shape index (κ2) is 4.32. The van der Waals surface area contributed by atoms with Crippen LogP contribution in [0.2, 0.25) is 0 Å². The van der Waals surface area contributed by atoms with Gasteiger partial charge in [-0.2, -0.15) is 0 Å². The molecule has 108 valence electrons. The lowest BCUT2D eigenvalue weighted by atomic mass is 9.79.